The number of thiazole rings is 1. The van der Waals surface area contributed by atoms with Crippen LogP contribution in [0.25, 0.3) is 0 Å². The van der Waals surface area contributed by atoms with Crippen molar-refractivity contribution >= 4 is 28.3 Å². The van der Waals surface area contributed by atoms with Crippen molar-refractivity contribution in [2.24, 2.45) is 0 Å². The van der Waals surface area contributed by atoms with E-state index in [2.05, 4.69) is 15.3 Å². The molecule has 0 radical (unpaired) electrons. The van der Waals surface area contributed by atoms with Gasteiger partial charge in [0.15, 0.2) is 5.13 Å². The Kier molecular flexibility index (Phi) is 6.02. The maximum atomic E-state index is 12.4. The number of pyridine rings is 1. The molecule has 0 bridgehead atoms. The smallest absolute Gasteiger partial charge is 0.265 e. The Labute approximate surface area is 161 Å². The van der Waals surface area contributed by atoms with E-state index in [0.717, 1.165) is 24.2 Å². The minimum Gasteiger partial charge on any atom is -0.474 e. The predicted molar refractivity (Wildman–Crippen MR) is 102 cm³/mol. The molecule has 1 N–H and O–H groups in total. The highest BCUT2D eigenvalue weighted by Gasteiger charge is 2.19. The molecule has 2 aromatic heterocycles. The number of hydrogen-bond donors (Lipinski definition) is 1. The average molecular weight is 390 g/mol. The maximum absolute atomic E-state index is 12.4. The summed E-state index contributed by atoms with van der Waals surface area (Å²) >= 11 is 1.15. The molecule has 0 aliphatic carbocycles. The van der Waals surface area contributed by atoms with E-state index in [4.69, 9.17) is 9.47 Å². The zero-order valence-corrected chi connectivity index (χ0v) is 16.3. The van der Waals surface area contributed by atoms with E-state index >= 15 is 0 Å². The van der Waals surface area contributed by atoms with Crippen LogP contribution in [-0.4, -0.2) is 60.1 Å². The Morgan fingerprint density at radius 1 is 1.30 bits per heavy atom. The third kappa shape index (κ3) is 4.81. The van der Waals surface area contributed by atoms with Crippen molar-refractivity contribution in [1.82, 2.24) is 14.9 Å². The normalized spacial score (nSPS) is 14.6. The number of rotatable bonds is 5. The Hall–Kier alpha value is -2.52. The summed E-state index contributed by atoms with van der Waals surface area (Å²) in [4.78, 5) is 34.9. The monoisotopic (exact) mass is 390 g/mol. The number of nitrogens with one attached hydrogen (secondary N) is 1. The van der Waals surface area contributed by atoms with E-state index < -0.39 is 0 Å². The van der Waals surface area contributed by atoms with Gasteiger partial charge in [-0.25, -0.2) is 9.97 Å². The van der Waals surface area contributed by atoms with Crippen LogP contribution in [0, 0.1) is 6.92 Å². The molecule has 1 fully saturated rings. The van der Waals surface area contributed by atoms with E-state index in [1.54, 1.807) is 33.2 Å². The van der Waals surface area contributed by atoms with Gasteiger partial charge in [0.25, 0.3) is 11.8 Å². The van der Waals surface area contributed by atoms with Gasteiger partial charge in [-0.15, -0.1) is 0 Å². The van der Waals surface area contributed by atoms with E-state index in [9.17, 15) is 9.59 Å². The predicted octanol–water partition coefficient (Wildman–Crippen LogP) is 2.36. The van der Waals surface area contributed by atoms with Crippen molar-refractivity contribution in [1.29, 1.82) is 0 Å². The van der Waals surface area contributed by atoms with Crippen LogP contribution in [0.15, 0.2) is 18.3 Å². The number of anilines is 1. The van der Waals surface area contributed by atoms with Crippen molar-refractivity contribution in [2.45, 2.75) is 25.9 Å². The molecule has 0 unspecified atom stereocenters. The number of hydrogen-bond acceptors (Lipinski definition) is 7. The van der Waals surface area contributed by atoms with Gasteiger partial charge in [0.05, 0.1) is 24.5 Å². The summed E-state index contributed by atoms with van der Waals surface area (Å²) < 4.78 is 11.1. The molecule has 0 saturated carbocycles. The second-order valence-corrected chi connectivity index (χ2v) is 7.40. The zero-order chi connectivity index (χ0) is 19.4. The van der Waals surface area contributed by atoms with Gasteiger partial charge in [0, 0.05) is 39.2 Å². The van der Waals surface area contributed by atoms with Gasteiger partial charge in [0.2, 0.25) is 5.88 Å². The van der Waals surface area contributed by atoms with Crippen molar-refractivity contribution in [3.63, 3.8) is 0 Å². The van der Waals surface area contributed by atoms with Crippen molar-refractivity contribution in [2.75, 3.05) is 32.6 Å². The molecule has 8 nitrogen and oxygen atoms in total. The summed E-state index contributed by atoms with van der Waals surface area (Å²) in [5.41, 5.74) is 0.981. The first-order valence-electron chi connectivity index (χ1n) is 8.65. The summed E-state index contributed by atoms with van der Waals surface area (Å²) in [6.07, 6.45) is 3.23. The number of nitrogens with zero attached hydrogens (tertiary/aromatic N) is 3. The molecular formula is C18H22N4O4S. The highest BCUT2D eigenvalue weighted by Crippen LogP contribution is 2.24. The van der Waals surface area contributed by atoms with Crippen LogP contribution in [0.3, 0.4) is 0 Å². The van der Waals surface area contributed by atoms with Crippen molar-refractivity contribution < 1.29 is 19.1 Å². The zero-order valence-electron chi connectivity index (χ0n) is 15.5. The van der Waals surface area contributed by atoms with Crippen LogP contribution < -0.4 is 10.1 Å². The quantitative estimate of drug-likeness (QED) is 0.842. The topological polar surface area (TPSA) is 93.6 Å². The van der Waals surface area contributed by atoms with Crippen molar-refractivity contribution in [3.8, 4) is 5.88 Å². The fraction of sp³-hybridized carbons (Fsp3) is 0.444. The molecule has 0 spiro atoms. The molecule has 1 aliphatic heterocycles. The third-order valence-electron chi connectivity index (χ3n) is 4.07. The molecule has 1 saturated heterocycles. The van der Waals surface area contributed by atoms with E-state index in [1.165, 1.54) is 11.1 Å². The van der Waals surface area contributed by atoms with Gasteiger partial charge in [0.1, 0.15) is 11.0 Å². The standard InChI is InChI=1S/C18H22N4O4S/c1-11-15(17(24)22(2)3)27-18(20-11)21-16(23)12-4-5-14(19-10-12)26-13-6-8-25-9-7-13/h4-5,10,13H,6-9H2,1-3H3,(H,20,21,23). The summed E-state index contributed by atoms with van der Waals surface area (Å²) in [6.45, 7) is 3.13. The highest BCUT2D eigenvalue weighted by atomic mass is 32.1. The van der Waals surface area contributed by atoms with E-state index in [0.29, 0.717) is 40.4 Å². The molecule has 144 valence electrons. The lowest BCUT2D eigenvalue weighted by molar-refractivity contribution is 0.0237. The van der Waals surface area contributed by atoms with Gasteiger partial charge in [-0.05, 0) is 13.0 Å². The van der Waals surface area contributed by atoms with Gasteiger partial charge >= 0.3 is 0 Å². The molecule has 3 heterocycles. The first-order chi connectivity index (χ1) is 12.9. The lowest BCUT2D eigenvalue weighted by Crippen LogP contribution is -2.26. The average Bonchev–Trinajstić information content (AvgIpc) is 3.02. The Bertz CT molecular complexity index is 813. The SMILES string of the molecule is Cc1nc(NC(=O)c2ccc(OC3CCOCC3)nc2)sc1C(=O)N(C)C. The van der Waals surface area contributed by atoms with Gasteiger partial charge in [-0.1, -0.05) is 11.3 Å². The Balaban J connectivity index is 1.62. The van der Waals surface area contributed by atoms with Crippen LogP contribution in [0.5, 0.6) is 5.88 Å². The Morgan fingerprint density at radius 2 is 2.04 bits per heavy atom. The fourth-order valence-electron chi connectivity index (χ4n) is 2.57. The number of aryl methyl sites for hydroxylation is 1. The first-order valence-corrected chi connectivity index (χ1v) is 9.46. The number of carbonyl (C=O) groups excluding carboxylic acids is 2. The van der Waals surface area contributed by atoms with Crippen LogP contribution in [0.4, 0.5) is 5.13 Å². The highest BCUT2D eigenvalue weighted by molar-refractivity contribution is 7.17. The molecule has 1 aliphatic rings. The van der Waals surface area contributed by atoms with Gasteiger partial charge in [-0.3, -0.25) is 14.9 Å². The lowest BCUT2D eigenvalue weighted by Gasteiger charge is -2.22. The van der Waals surface area contributed by atoms with Crippen LogP contribution in [0.1, 0.15) is 38.6 Å². The summed E-state index contributed by atoms with van der Waals surface area (Å²) in [7, 11) is 3.35. The summed E-state index contributed by atoms with van der Waals surface area (Å²) in [5, 5.41) is 3.09. The number of aromatic nitrogens is 2. The van der Waals surface area contributed by atoms with Crippen LogP contribution in [-0.2, 0) is 4.74 Å². The summed E-state index contributed by atoms with van der Waals surface area (Å²) in [5.74, 6) is 0.0157. The minimum absolute atomic E-state index is 0.0943. The molecule has 3 rings (SSSR count). The number of ether oxygens (including phenoxy) is 2. The lowest BCUT2D eigenvalue weighted by atomic mass is 10.1. The molecule has 9 heteroatoms. The van der Waals surface area contributed by atoms with Gasteiger partial charge < -0.3 is 14.4 Å². The molecule has 0 atom stereocenters. The molecule has 27 heavy (non-hydrogen) atoms. The fourth-order valence-corrected chi connectivity index (χ4v) is 3.55. The molecule has 2 aromatic rings. The van der Waals surface area contributed by atoms with Gasteiger partial charge in [-0.2, -0.15) is 0 Å². The second kappa shape index (κ2) is 8.45. The summed E-state index contributed by atoms with van der Waals surface area (Å²) in [6, 6.07) is 3.34. The van der Waals surface area contributed by atoms with Crippen LogP contribution in [0.2, 0.25) is 0 Å². The Morgan fingerprint density at radius 3 is 2.67 bits per heavy atom. The third-order valence-corrected chi connectivity index (χ3v) is 5.13. The number of amides is 2. The van der Waals surface area contributed by atoms with E-state index in [-0.39, 0.29) is 17.9 Å². The minimum atomic E-state index is -0.335. The van der Waals surface area contributed by atoms with E-state index in [1.807, 2.05) is 0 Å². The van der Waals surface area contributed by atoms with Crippen LogP contribution >= 0.6 is 11.3 Å². The first kappa shape index (κ1) is 19.2. The largest absolute Gasteiger partial charge is 0.474 e. The molecular weight excluding hydrogens is 368 g/mol. The number of carbonyl (C=O) groups is 2. The second-order valence-electron chi connectivity index (χ2n) is 6.40. The molecule has 2 amide bonds. The maximum Gasteiger partial charge on any atom is 0.265 e. The molecule has 0 aromatic carbocycles. The van der Waals surface area contributed by atoms with Crippen molar-refractivity contribution in [3.05, 3.63) is 34.5 Å².